The van der Waals surface area contributed by atoms with Gasteiger partial charge in [-0.25, -0.2) is 0 Å². The fourth-order valence-corrected chi connectivity index (χ4v) is 1.66. The van der Waals surface area contributed by atoms with Crippen molar-refractivity contribution in [1.82, 2.24) is 9.55 Å². The van der Waals surface area contributed by atoms with Crippen LogP contribution in [0, 0.1) is 0 Å². The molecule has 0 spiro atoms. The summed E-state index contributed by atoms with van der Waals surface area (Å²) in [5.74, 6) is 0. The van der Waals surface area contributed by atoms with Crippen LogP contribution in [-0.4, -0.2) is 9.55 Å². The lowest BCUT2D eigenvalue weighted by molar-refractivity contribution is 0.908. The lowest BCUT2D eigenvalue weighted by atomic mass is 10.1. The van der Waals surface area contributed by atoms with Gasteiger partial charge < -0.3 is 4.98 Å². The minimum absolute atomic E-state index is 0.552. The summed E-state index contributed by atoms with van der Waals surface area (Å²) < 4.78 is 1.37. The van der Waals surface area contributed by atoms with Crippen molar-refractivity contribution < 1.29 is 0 Å². The molecule has 0 amide bonds. The number of aromatic amines is 1. The highest BCUT2D eigenvalue weighted by Gasteiger charge is 2.05. The maximum Gasteiger partial charge on any atom is 0.320 e. The lowest BCUT2D eigenvalue weighted by Crippen LogP contribution is -2.34. The third-order valence-electron chi connectivity index (χ3n) is 2.48. The Morgan fingerprint density at radius 3 is 2.75 bits per heavy atom. The van der Waals surface area contributed by atoms with E-state index < -0.39 is 11.1 Å². The fraction of sp³-hybridized carbons (Fsp3) is 0.167. The van der Waals surface area contributed by atoms with Crippen molar-refractivity contribution in [2.24, 2.45) is 0 Å². The van der Waals surface area contributed by atoms with E-state index in [2.05, 4.69) is 4.98 Å². The van der Waals surface area contributed by atoms with E-state index in [0.717, 1.165) is 17.7 Å². The smallest absolute Gasteiger partial charge is 0.320 e. The molecule has 0 atom stereocenters. The molecule has 0 fully saturated rings. The van der Waals surface area contributed by atoms with E-state index in [4.69, 9.17) is 0 Å². The van der Waals surface area contributed by atoms with Crippen LogP contribution >= 0.6 is 0 Å². The summed E-state index contributed by atoms with van der Waals surface area (Å²) >= 11 is 0. The molecular weight excluding hydrogens is 204 g/mol. The maximum atomic E-state index is 11.7. The van der Waals surface area contributed by atoms with Crippen LogP contribution in [0.2, 0.25) is 0 Å². The number of hydrogen-bond acceptors (Lipinski definition) is 2. The predicted molar refractivity (Wildman–Crippen MR) is 62.0 cm³/mol. The number of H-pyrrole nitrogens is 1. The standard InChI is InChI=1S/C12H12N2O2/c1-2-9-5-3-4-6-10(9)14-8-7-13-11(15)12(14)16/h3-8H,2H2,1H3,(H,13,15). The summed E-state index contributed by atoms with van der Waals surface area (Å²) in [4.78, 5) is 25.2. The Hall–Kier alpha value is -2.10. The molecular formula is C12H12N2O2. The zero-order chi connectivity index (χ0) is 11.5. The highest BCUT2D eigenvalue weighted by atomic mass is 16.2. The van der Waals surface area contributed by atoms with Gasteiger partial charge in [-0.2, -0.15) is 0 Å². The zero-order valence-electron chi connectivity index (χ0n) is 8.93. The van der Waals surface area contributed by atoms with Crippen molar-refractivity contribution in [2.45, 2.75) is 13.3 Å². The van der Waals surface area contributed by atoms with Crippen molar-refractivity contribution in [1.29, 1.82) is 0 Å². The first-order valence-electron chi connectivity index (χ1n) is 5.12. The average Bonchev–Trinajstić information content (AvgIpc) is 2.33. The summed E-state index contributed by atoms with van der Waals surface area (Å²) in [6.07, 6.45) is 3.85. The Kier molecular flexibility index (Phi) is 2.72. The second kappa shape index (κ2) is 4.18. The molecule has 0 radical (unpaired) electrons. The van der Waals surface area contributed by atoms with Gasteiger partial charge in [0.2, 0.25) is 0 Å². The van der Waals surface area contributed by atoms with Gasteiger partial charge in [0.25, 0.3) is 0 Å². The highest BCUT2D eigenvalue weighted by molar-refractivity contribution is 5.40. The molecule has 0 bridgehead atoms. The molecule has 4 nitrogen and oxygen atoms in total. The molecule has 2 rings (SSSR count). The van der Waals surface area contributed by atoms with Crippen LogP contribution in [0.15, 0.2) is 46.2 Å². The molecule has 1 N–H and O–H groups in total. The van der Waals surface area contributed by atoms with E-state index in [1.807, 2.05) is 31.2 Å². The van der Waals surface area contributed by atoms with Gasteiger partial charge in [-0.15, -0.1) is 0 Å². The summed E-state index contributed by atoms with van der Waals surface area (Å²) in [6, 6.07) is 7.55. The Bertz CT molecular complexity index is 611. The first-order chi connectivity index (χ1) is 7.74. The van der Waals surface area contributed by atoms with E-state index >= 15 is 0 Å². The molecule has 0 unspecified atom stereocenters. The number of rotatable bonds is 2. The third kappa shape index (κ3) is 1.69. The van der Waals surface area contributed by atoms with Crippen LogP contribution in [0.1, 0.15) is 12.5 Å². The van der Waals surface area contributed by atoms with Crippen LogP contribution in [-0.2, 0) is 6.42 Å². The van der Waals surface area contributed by atoms with Crippen LogP contribution in [0.5, 0.6) is 0 Å². The first-order valence-corrected chi connectivity index (χ1v) is 5.12. The van der Waals surface area contributed by atoms with E-state index in [-0.39, 0.29) is 0 Å². The SMILES string of the molecule is CCc1ccccc1-n1cc[nH]c(=O)c1=O. The molecule has 0 aliphatic heterocycles. The van der Waals surface area contributed by atoms with E-state index in [1.54, 1.807) is 6.20 Å². The monoisotopic (exact) mass is 216 g/mol. The topological polar surface area (TPSA) is 54.9 Å². The van der Waals surface area contributed by atoms with Gasteiger partial charge in [0, 0.05) is 12.4 Å². The summed E-state index contributed by atoms with van der Waals surface area (Å²) in [5, 5.41) is 0. The Balaban J connectivity index is 2.73. The van der Waals surface area contributed by atoms with Gasteiger partial charge in [0.05, 0.1) is 5.69 Å². The summed E-state index contributed by atoms with van der Waals surface area (Å²) in [6.45, 7) is 2.01. The van der Waals surface area contributed by atoms with Crippen LogP contribution in [0.25, 0.3) is 5.69 Å². The van der Waals surface area contributed by atoms with Crippen molar-refractivity contribution >= 4 is 0 Å². The number of para-hydroxylation sites is 1. The number of nitrogens with one attached hydrogen (secondary N) is 1. The van der Waals surface area contributed by atoms with E-state index in [9.17, 15) is 9.59 Å². The Labute approximate surface area is 92.2 Å². The normalized spacial score (nSPS) is 10.3. The van der Waals surface area contributed by atoms with Crippen molar-refractivity contribution in [3.63, 3.8) is 0 Å². The molecule has 2 aromatic rings. The predicted octanol–water partition coefficient (Wildman–Crippen LogP) is 1.09. The number of hydrogen-bond donors (Lipinski definition) is 1. The van der Waals surface area contributed by atoms with Crippen LogP contribution in [0.4, 0.5) is 0 Å². The summed E-state index contributed by atoms with van der Waals surface area (Å²) in [5.41, 5.74) is 0.646. The van der Waals surface area contributed by atoms with E-state index in [0.29, 0.717) is 0 Å². The van der Waals surface area contributed by atoms with Crippen LogP contribution in [0.3, 0.4) is 0 Å². The number of aromatic nitrogens is 2. The number of nitrogens with zero attached hydrogens (tertiary/aromatic N) is 1. The Morgan fingerprint density at radius 2 is 2.00 bits per heavy atom. The molecule has 82 valence electrons. The molecule has 1 aromatic carbocycles. The van der Waals surface area contributed by atoms with Gasteiger partial charge in [-0.05, 0) is 18.1 Å². The van der Waals surface area contributed by atoms with Crippen molar-refractivity contribution in [3.05, 3.63) is 62.9 Å². The average molecular weight is 216 g/mol. The Morgan fingerprint density at radius 1 is 1.25 bits per heavy atom. The van der Waals surface area contributed by atoms with Gasteiger partial charge in [-0.3, -0.25) is 14.2 Å². The zero-order valence-corrected chi connectivity index (χ0v) is 8.93. The van der Waals surface area contributed by atoms with Gasteiger partial charge in [0.15, 0.2) is 0 Å². The minimum Gasteiger partial charge on any atom is -0.323 e. The molecule has 4 heteroatoms. The van der Waals surface area contributed by atoms with Crippen molar-refractivity contribution in [3.8, 4) is 5.69 Å². The number of aryl methyl sites for hydroxylation is 1. The number of benzene rings is 1. The van der Waals surface area contributed by atoms with Crippen LogP contribution < -0.4 is 11.1 Å². The van der Waals surface area contributed by atoms with E-state index in [1.165, 1.54) is 10.8 Å². The molecule has 1 aromatic heterocycles. The molecule has 1 heterocycles. The fourth-order valence-electron chi connectivity index (χ4n) is 1.66. The second-order valence-corrected chi connectivity index (χ2v) is 3.45. The molecule has 0 aliphatic carbocycles. The largest absolute Gasteiger partial charge is 0.323 e. The second-order valence-electron chi connectivity index (χ2n) is 3.45. The van der Waals surface area contributed by atoms with Gasteiger partial charge in [-0.1, -0.05) is 25.1 Å². The lowest BCUT2D eigenvalue weighted by Gasteiger charge is -2.08. The maximum absolute atomic E-state index is 11.7. The highest BCUT2D eigenvalue weighted by Crippen LogP contribution is 2.12. The van der Waals surface area contributed by atoms with Gasteiger partial charge >= 0.3 is 11.1 Å². The quantitative estimate of drug-likeness (QED) is 0.764. The molecule has 0 saturated carbocycles. The molecule has 0 saturated heterocycles. The molecule has 16 heavy (non-hydrogen) atoms. The third-order valence-corrected chi connectivity index (χ3v) is 2.48. The summed E-state index contributed by atoms with van der Waals surface area (Å²) in [7, 11) is 0. The van der Waals surface area contributed by atoms with Crippen molar-refractivity contribution in [2.75, 3.05) is 0 Å². The molecule has 0 aliphatic rings. The first kappa shape index (κ1) is 10.4. The minimum atomic E-state index is -0.603. The van der Waals surface area contributed by atoms with Gasteiger partial charge in [0.1, 0.15) is 0 Å².